The second-order valence-electron chi connectivity index (χ2n) is 2.53. The smallest absolute Gasteiger partial charge is 0.0737 e. The summed E-state index contributed by atoms with van der Waals surface area (Å²) < 4.78 is 5.45. The zero-order chi connectivity index (χ0) is 6.69. The lowest BCUT2D eigenvalue weighted by molar-refractivity contribution is 0.0583. The van der Waals surface area contributed by atoms with Crippen molar-refractivity contribution in [1.29, 1.82) is 0 Å². The summed E-state index contributed by atoms with van der Waals surface area (Å²) in [5.41, 5.74) is 0. The van der Waals surface area contributed by atoms with Crippen LogP contribution in [-0.4, -0.2) is 25.3 Å². The molecule has 1 heterocycles. The van der Waals surface area contributed by atoms with E-state index in [4.69, 9.17) is 4.74 Å². The third-order valence-corrected chi connectivity index (χ3v) is 1.83. The fourth-order valence-corrected chi connectivity index (χ4v) is 1.28. The predicted molar refractivity (Wildman–Crippen MR) is 44.7 cm³/mol. The van der Waals surface area contributed by atoms with Crippen LogP contribution in [0.4, 0.5) is 0 Å². The molecule has 0 aliphatic carbocycles. The fraction of sp³-hybridized carbons (Fsp3) is 1.00. The van der Waals surface area contributed by atoms with Crippen LogP contribution in [0, 0.1) is 0 Å². The molecule has 1 fully saturated rings. The van der Waals surface area contributed by atoms with E-state index in [2.05, 4.69) is 12.2 Å². The van der Waals surface area contributed by atoms with Crippen LogP contribution in [-0.2, 0) is 4.74 Å². The van der Waals surface area contributed by atoms with Crippen molar-refractivity contribution in [3.8, 4) is 0 Å². The van der Waals surface area contributed by atoms with E-state index in [0.717, 1.165) is 13.2 Å². The van der Waals surface area contributed by atoms with Crippen molar-refractivity contribution in [2.45, 2.75) is 32.4 Å². The molecule has 0 aromatic heterocycles. The van der Waals surface area contributed by atoms with Crippen LogP contribution in [0.15, 0.2) is 0 Å². The first-order chi connectivity index (χ1) is 4.34. The minimum Gasteiger partial charge on any atom is -0.377 e. The average molecular weight is 166 g/mol. The summed E-state index contributed by atoms with van der Waals surface area (Å²) in [6.45, 7) is 6.18. The maximum absolute atomic E-state index is 5.45. The molecule has 0 saturated carbocycles. The van der Waals surface area contributed by atoms with Gasteiger partial charge in [0.1, 0.15) is 0 Å². The van der Waals surface area contributed by atoms with E-state index in [-0.39, 0.29) is 12.4 Å². The van der Waals surface area contributed by atoms with E-state index in [0.29, 0.717) is 12.1 Å². The molecular formula is C7H16ClNO. The van der Waals surface area contributed by atoms with E-state index in [9.17, 15) is 0 Å². The van der Waals surface area contributed by atoms with Crippen LogP contribution < -0.4 is 5.32 Å². The van der Waals surface area contributed by atoms with Gasteiger partial charge < -0.3 is 10.1 Å². The number of ether oxygens (including phenoxy) is 1. The van der Waals surface area contributed by atoms with Crippen molar-refractivity contribution in [1.82, 2.24) is 5.32 Å². The molecule has 0 aromatic rings. The Morgan fingerprint density at radius 2 is 2.30 bits per heavy atom. The van der Waals surface area contributed by atoms with Gasteiger partial charge in [-0.2, -0.15) is 0 Å². The van der Waals surface area contributed by atoms with Crippen LogP contribution in [0.25, 0.3) is 0 Å². The van der Waals surface area contributed by atoms with Gasteiger partial charge in [0, 0.05) is 12.6 Å². The predicted octanol–water partition coefficient (Wildman–Crippen LogP) is 1.20. The first kappa shape index (κ1) is 10.2. The highest BCUT2D eigenvalue weighted by molar-refractivity contribution is 5.85. The number of hydrogen-bond donors (Lipinski definition) is 1. The monoisotopic (exact) mass is 165 g/mol. The molecule has 1 rings (SSSR count). The van der Waals surface area contributed by atoms with E-state index < -0.39 is 0 Å². The topological polar surface area (TPSA) is 21.3 Å². The third-order valence-electron chi connectivity index (χ3n) is 1.83. The Hall–Kier alpha value is 0.210. The molecule has 1 aliphatic heterocycles. The number of hydrogen-bond acceptors (Lipinski definition) is 2. The summed E-state index contributed by atoms with van der Waals surface area (Å²) in [5, 5.41) is 3.33. The summed E-state index contributed by atoms with van der Waals surface area (Å²) in [5.74, 6) is 0. The zero-order valence-electron chi connectivity index (χ0n) is 6.59. The van der Waals surface area contributed by atoms with Crippen LogP contribution in [0.5, 0.6) is 0 Å². The first-order valence-electron chi connectivity index (χ1n) is 3.69. The van der Waals surface area contributed by atoms with Gasteiger partial charge in [0.15, 0.2) is 0 Å². The number of nitrogens with one attached hydrogen (secondary N) is 1. The van der Waals surface area contributed by atoms with Crippen molar-refractivity contribution >= 4 is 12.4 Å². The van der Waals surface area contributed by atoms with E-state index in [1.54, 1.807) is 0 Å². The van der Waals surface area contributed by atoms with Gasteiger partial charge in [0.05, 0.1) is 6.10 Å². The van der Waals surface area contributed by atoms with Crippen LogP contribution in [0.3, 0.4) is 0 Å². The molecule has 2 atom stereocenters. The van der Waals surface area contributed by atoms with Crippen LogP contribution in [0.2, 0.25) is 0 Å². The van der Waals surface area contributed by atoms with Crippen LogP contribution >= 0.6 is 12.4 Å². The summed E-state index contributed by atoms with van der Waals surface area (Å²) in [4.78, 5) is 0. The quantitative estimate of drug-likeness (QED) is 0.664. The van der Waals surface area contributed by atoms with Crippen molar-refractivity contribution in [3.05, 3.63) is 0 Å². The summed E-state index contributed by atoms with van der Waals surface area (Å²) in [7, 11) is 0. The van der Waals surface area contributed by atoms with Gasteiger partial charge in [-0.25, -0.2) is 0 Å². The van der Waals surface area contributed by atoms with Crippen molar-refractivity contribution in [2.75, 3.05) is 13.2 Å². The lowest BCUT2D eigenvalue weighted by atomic mass is 10.2. The Morgan fingerprint density at radius 1 is 1.60 bits per heavy atom. The van der Waals surface area contributed by atoms with Crippen LogP contribution in [0.1, 0.15) is 20.3 Å². The minimum absolute atomic E-state index is 0. The molecule has 1 aliphatic rings. The molecular weight excluding hydrogens is 150 g/mol. The van der Waals surface area contributed by atoms with Crippen molar-refractivity contribution in [2.24, 2.45) is 0 Å². The van der Waals surface area contributed by atoms with Crippen molar-refractivity contribution in [3.63, 3.8) is 0 Å². The molecule has 62 valence electrons. The number of halogens is 1. The van der Waals surface area contributed by atoms with Gasteiger partial charge in [-0.05, 0) is 26.8 Å². The Balaban J connectivity index is 0.000000810. The Bertz CT molecular complexity index is 89.7. The maximum atomic E-state index is 5.45. The minimum atomic E-state index is 0. The molecule has 0 spiro atoms. The van der Waals surface area contributed by atoms with Crippen molar-refractivity contribution < 1.29 is 4.74 Å². The molecule has 0 amide bonds. The van der Waals surface area contributed by atoms with Gasteiger partial charge in [-0.15, -0.1) is 12.4 Å². The molecule has 1 N–H and O–H groups in total. The highest BCUT2D eigenvalue weighted by Crippen LogP contribution is 2.09. The Morgan fingerprint density at radius 3 is 2.70 bits per heavy atom. The summed E-state index contributed by atoms with van der Waals surface area (Å²) >= 11 is 0. The lowest BCUT2D eigenvalue weighted by Crippen LogP contribution is -2.28. The SMILES string of the molecule is CCOC1CCNC1C.Cl. The highest BCUT2D eigenvalue weighted by Gasteiger charge is 2.22. The first-order valence-corrected chi connectivity index (χ1v) is 3.69. The van der Waals surface area contributed by atoms with Gasteiger partial charge in [-0.3, -0.25) is 0 Å². The summed E-state index contributed by atoms with van der Waals surface area (Å²) in [6, 6.07) is 0.560. The maximum Gasteiger partial charge on any atom is 0.0737 e. The van der Waals surface area contributed by atoms with Gasteiger partial charge in [-0.1, -0.05) is 0 Å². The second-order valence-corrected chi connectivity index (χ2v) is 2.53. The zero-order valence-corrected chi connectivity index (χ0v) is 7.41. The second kappa shape index (κ2) is 4.94. The summed E-state index contributed by atoms with van der Waals surface area (Å²) in [6.07, 6.45) is 1.64. The Kier molecular flexibility index (Phi) is 5.04. The van der Waals surface area contributed by atoms with E-state index in [1.165, 1.54) is 6.42 Å². The molecule has 0 radical (unpaired) electrons. The van der Waals surface area contributed by atoms with Gasteiger partial charge in [0.25, 0.3) is 0 Å². The molecule has 0 aromatic carbocycles. The average Bonchev–Trinajstić information content (AvgIpc) is 2.18. The number of rotatable bonds is 2. The molecule has 2 unspecified atom stereocenters. The lowest BCUT2D eigenvalue weighted by Gasteiger charge is -2.13. The normalized spacial score (nSPS) is 31.8. The molecule has 3 heteroatoms. The molecule has 10 heavy (non-hydrogen) atoms. The molecule has 2 nitrogen and oxygen atoms in total. The van der Waals surface area contributed by atoms with Gasteiger partial charge >= 0.3 is 0 Å². The van der Waals surface area contributed by atoms with Gasteiger partial charge in [0.2, 0.25) is 0 Å². The third kappa shape index (κ3) is 2.45. The largest absolute Gasteiger partial charge is 0.377 e. The van der Waals surface area contributed by atoms with E-state index >= 15 is 0 Å². The highest BCUT2D eigenvalue weighted by atomic mass is 35.5. The fourth-order valence-electron chi connectivity index (χ4n) is 1.28. The van der Waals surface area contributed by atoms with E-state index in [1.807, 2.05) is 6.92 Å². The standard InChI is InChI=1S/C7H15NO.ClH/c1-3-9-7-4-5-8-6(7)2;/h6-8H,3-5H2,1-2H3;1H. The Labute approximate surface area is 68.7 Å². The molecule has 0 bridgehead atoms. The molecule has 1 saturated heterocycles.